The Balaban J connectivity index is 0.00000128. The number of halogens is 1. The quantitative estimate of drug-likeness (QED) is 0.781. The molecule has 3 nitrogen and oxygen atoms in total. The van der Waals surface area contributed by atoms with E-state index in [4.69, 9.17) is 0 Å². The van der Waals surface area contributed by atoms with Crippen molar-refractivity contribution in [1.82, 2.24) is 10.2 Å². The second-order valence-corrected chi connectivity index (χ2v) is 5.35. The molecule has 0 saturated carbocycles. The van der Waals surface area contributed by atoms with Crippen LogP contribution < -0.4 is 5.32 Å². The van der Waals surface area contributed by atoms with Gasteiger partial charge in [0.2, 0.25) is 0 Å². The van der Waals surface area contributed by atoms with Crippen LogP contribution in [-0.4, -0.2) is 49.3 Å². The summed E-state index contributed by atoms with van der Waals surface area (Å²) in [6, 6.07) is 0. The van der Waals surface area contributed by atoms with Crippen LogP contribution in [0.3, 0.4) is 0 Å². The lowest BCUT2D eigenvalue weighted by molar-refractivity contribution is 0.197. The topological polar surface area (TPSA) is 35.5 Å². The molecule has 1 unspecified atom stereocenters. The van der Waals surface area contributed by atoms with E-state index >= 15 is 0 Å². The van der Waals surface area contributed by atoms with Gasteiger partial charge in [0.1, 0.15) is 0 Å². The van der Waals surface area contributed by atoms with Gasteiger partial charge < -0.3 is 15.3 Å². The van der Waals surface area contributed by atoms with Gasteiger partial charge in [-0.05, 0) is 43.7 Å². The molecule has 0 aliphatic carbocycles. The lowest BCUT2D eigenvalue weighted by Gasteiger charge is -2.27. The van der Waals surface area contributed by atoms with Gasteiger partial charge in [-0.25, -0.2) is 0 Å². The minimum absolute atomic E-state index is 0. The number of aliphatic hydroxyl groups is 1. The Morgan fingerprint density at radius 1 is 1.38 bits per heavy atom. The molecule has 2 aliphatic rings. The molecule has 96 valence electrons. The van der Waals surface area contributed by atoms with Gasteiger partial charge in [0.25, 0.3) is 0 Å². The Hall–Kier alpha value is 0.170. The number of rotatable bonds is 3. The number of hydrogen-bond donors (Lipinski definition) is 2. The van der Waals surface area contributed by atoms with Crippen LogP contribution in [-0.2, 0) is 0 Å². The molecule has 0 radical (unpaired) electrons. The molecule has 0 aromatic carbocycles. The Morgan fingerprint density at radius 3 is 2.75 bits per heavy atom. The van der Waals surface area contributed by atoms with Crippen LogP contribution in [0.25, 0.3) is 0 Å². The predicted octanol–water partition coefficient (Wildman–Crippen LogP) is 0.968. The highest BCUT2D eigenvalue weighted by Gasteiger charge is 2.30. The Morgan fingerprint density at radius 2 is 2.19 bits per heavy atom. The van der Waals surface area contributed by atoms with E-state index < -0.39 is 0 Å². The number of likely N-dealkylation sites (tertiary alicyclic amines) is 1. The third-order valence-electron chi connectivity index (χ3n) is 3.99. The standard InChI is InChI=1S/C12H24N2O.ClH/c1-10-6-14(8-12(10)9-15)7-11-3-2-4-13-5-11;/h10-13,15H,2-9H2,1H3;1H/t10-,11?,12+;/m1./s1. The zero-order chi connectivity index (χ0) is 10.7. The summed E-state index contributed by atoms with van der Waals surface area (Å²) in [7, 11) is 0. The van der Waals surface area contributed by atoms with E-state index in [1.54, 1.807) is 0 Å². The van der Waals surface area contributed by atoms with Crippen LogP contribution in [0.4, 0.5) is 0 Å². The van der Waals surface area contributed by atoms with Gasteiger partial charge in [-0.15, -0.1) is 12.4 Å². The van der Waals surface area contributed by atoms with E-state index in [-0.39, 0.29) is 12.4 Å². The molecule has 2 aliphatic heterocycles. The highest BCUT2D eigenvalue weighted by molar-refractivity contribution is 5.85. The summed E-state index contributed by atoms with van der Waals surface area (Å²) in [5.74, 6) is 2.02. The summed E-state index contributed by atoms with van der Waals surface area (Å²) in [6.07, 6.45) is 2.71. The van der Waals surface area contributed by atoms with E-state index in [9.17, 15) is 5.11 Å². The molecule has 3 atom stereocenters. The van der Waals surface area contributed by atoms with Crippen LogP contribution in [0, 0.1) is 17.8 Å². The largest absolute Gasteiger partial charge is 0.396 e. The summed E-state index contributed by atoms with van der Waals surface area (Å²) in [4.78, 5) is 2.54. The van der Waals surface area contributed by atoms with Crippen LogP contribution in [0.5, 0.6) is 0 Å². The molecule has 0 bridgehead atoms. The van der Waals surface area contributed by atoms with Gasteiger partial charge in [-0.3, -0.25) is 0 Å². The molecular formula is C12H25ClN2O. The Labute approximate surface area is 105 Å². The molecule has 2 heterocycles. The van der Waals surface area contributed by atoms with Crippen LogP contribution in [0.15, 0.2) is 0 Å². The van der Waals surface area contributed by atoms with E-state index in [1.165, 1.54) is 39.0 Å². The lowest BCUT2D eigenvalue weighted by Crippen LogP contribution is -2.37. The molecule has 2 N–H and O–H groups in total. The fraction of sp³-hybridized carbons (Fsp3) is 1.00. The Bertz CT molecular complexity index is 197. The first-order chi connectivity index (χ1) is 7.29. The van der Waals surface area contributed by atoms with Gasteiger partial charge in [-0.2, -0.15) is 0 Å². The summed E-state index contributed by atoms with van der Waals surface area (Å²) in [5.41, 5.74) is 0. The first-order valence-electron chi connectivity index (χ1n) is 6.33. The number of nitrogens with one attached hydrogen (secondary N) is 1. The smallest absolute Gasteiger partial charge is 0.0474 e. The normalized spacial score (nSPS) is 36.0. The van der Waals surface area contributed by atoms with E-state index in [2.05, 4.69) is 17.1 Å². The zero-order valence-electron chi connectivity index (χ0n) is 10.2. The van der Waals surface area contributed by atoms with Crippen molar-refractivity contribution in [2.24, 2.45) is 17.8 Å². The molecule has 0 spiro atoms. The number of nitrogens with zero attached hydrogens (tertiary/aromatic N) is 1. The Kier molecular flexibility index (Phi) is 6.05. The van der Waals surface area contributed by atoms with Gasteiger partial charge in [0, 0.05) is 26.2 Å². The molecule has 16 heavy (non-hydrogen) atoms. The van der Waals surface area contributed by atoms with E-state index in [1.807, 2.05) is 0 Å². The molecular weight excluding hydrogens is 224 g/mol. The second-order valence-electron chi connectivity index (χ2n) is 5.35. The minimum Gasteiger partial charge on any atom is -0.396 e. The maximum Gasteiger partial charge on any atom is 0.0474 e. The first-order valence-corrected chi connectivity index (χ1v) is 6.33. The fourth-order valence-corrected chi connectivity index (χ4v) is 2.97. The summed E-state index contributed by atoms with van der Waals surface area (Å²) in [6.45, 7) is 8.53. The van der Waals surface area contributed by atoms with E-state index in [0.717, 1.165) is 12.5 Å². The molecule has 2 saturated heterocycles. The fourth-order valence-electron chi connectivity index (χ4n) is 2.97. The van der Waals surface area contributed by atoms with Gasteiger partial charge in [0.05, 0.1) is 0 Å². The van der Waals surface area contributed by atoms with Crippen LogP contribution >= 0.6 is 12.4 Å². The van der Waals surface area contributed by atoms with E-state index in [0.29, 0.717) is 18.4 Å². The molecule has 0 aromatic rings. The predicted molar refractivity (Wildman–Crippen MR) is 69.0 cm³/mol. The van der Waals surface area contributed by atoms with Crippen molar-refractivity contribution < 1.29 is 5.11 Å². The van der Waals surface area contributed by atoms with Gasteiger partial charge in [0.15, 0.2) is 0 Å². The summed E-state index contributed by atoms with van der Waals surface area (Å²) in [5, 5.41) is 12.7. The van der Waals surface area contributed by atoms with Crippen molar-refractivity contribution in [3.05, 3.63) is 0 Å². The van der Waals surface area contributed by atoms with Crippen molar-refractivity contribution in [3.63, 3.8) is 0 Å². The summed E-state index contributed by atoms with van der Waals surface area (Å²) >= 11 is 0. The number of aliphatic hydroxyl groups excluding tert-OH is 1. The summed E-state index contributed by atoms with van der Waals surface area (Å²) < 4.78 is 0. The molecule has 0 aromatic heterocycles. The van der Waals surface area contributed by atoms with Crippen molar-refractivity contribution in [3.8, 4) is 0 Å². The van der Waals surface area contributed by atoms with Gasteiger partial charge in [-0.1, -0.05) is 6.92 Å². The second kappa shape index (κ2) is 6.80. The third-order valence-corrected chi connectivity index (χ3v) is 3.99. The van der Waals surface area contributed by atoms with Crippen LogP contribution in [0.1, 0.15) is 19.8 Å². The highest BCUT2D eigenvalue weighted by atomic mass is 35.5. The average Bonchev–Trinajstić information content (AvgIpc) is 2.60. The van der Waals surface area contributed by atoms with Crippen LogP contribution in [0.2, 0.25) is 0 Å². The number of hydrogen-bond acceptors (Lipinski definition) is 3. The minimum atomic E-state index is 0. The molecule has 2 rings (SSSR count). The average molecular weight is 249 g/mol. The lowest BCUT2D eigenvalue weighted by atomic mass is 9.99. The zero-order valence-corrected chi connectivity index (χ0v) is 11.0. The number of piperidine rings is 1. The first kappa shape index (κ1) is 14.2. The molecule has 0 amide bonds. The van der Waals surface area contributed by atoms with Crippen molar-refractivity contribution in [2.75, 3.05) is 39.3 Å². The van der Waals surface area contributed by atoms with Crippen molar-refractivity contribution in [2.45, 2.75) is 19.8 Å². The maximum absolute atomic E-state index is 9.22. The van der Waals surface area contributed by atoms with Crippen molar-refractivity contribution >= 4 is 12.4 Å². The molecule has 4 heteroatoms. The molecule has 2 fully saturated rings. The van der Waals surface area contributed by atoms with Gasteiger partial charge >= 0.3 is 0 Å². The maximum atomic E-state index is 9.22. The highest BCUT2D eigenvalue weighted by Crippen LogP contribution is 2.24. The monoisotopic (exact) mass is 248 g/mol. The third kappa shape index (κ3) is 3.59. The SMILES string of the molecule is C[C@@H]1CN(CC2CCCNC2)C[C@H]1CO.Cl. The van der Waals surface area contributed by atoms with Crippen molar-refractivity contribution in [1.29, 1.82) is 0 Å².